The summed E-state index contributed by atoms with van der Waals surface area (Å²) < 4.78 is 13.8. The van der Waals surface area contributed by atoms with Crippen molar-refractivity contribution in [2.75, 3.05) is 5.73 Å². The van der Waals surface area contributed by atoms with Crippen LogP contribution in [0.15, 0.2) is 41.0 Å². The summed E-state index contributed by atoms with van der Waals surface area (Å²) in [5, 5.41) is 0. The van der Waals surface area contributed by atoms with Crippen molar-refractivity contribution in [2.45, 2.75) is 0 Å². The van der Waals surface area contributed by atoms with Crippen molar-refractivity contribution < 1.29 is 4.39 Å². The van der Waals surface area contributed by atoms with Gasteiger partial charge in [-0.1, -0.05) is 12.1 Å². The maximum Gasteiger partial charge on any atom is 0.124 e. The van der Waals surface area contributed by atoms with Gasteiger partial charge in [-0.2, -0.15) is 0 Å². The number of nitrogens with two attached hydrogens (primary N) is 1. The zero-order chi connectivity index (χ0) is 10.8. The predicted octanol–water partition coefficient (Wildman–Crippen LogP) is 3.23. The molecule has 0 aliphatic heterocycles. The fourth-order valence-corrected chi connectivity index (χ4v) is 1.88. The number of halogens is 2. The highest BCUT2D eigenvalue weighted by Crippen LogP contribution is 2.28. The summed E-state index contributed by atoms with van der Waals surface area (Å²) in [6.07, 6.45) is 1.62. The summed E-state index contributed by atoms with van der Waals surface area (Å²) in [6, 6.07) is 8.04. The molecule has 1 heterocycles. The Hall–Kier alpha value is -1.42. The first-order valence-electron chi connectivity index (χ1n) is 4.34. The molecule has 0 bridgehead atoms. The molecule has 0 saturated carbocycles. The van der Waals surface area contributed by atoms with E-state index in [2.05, 4.69) is 20.9 Å². The number of rotatable bonds is 1. The molecule has 15 heavy (non-hydrogen) atoms. The van der Waals surface area contributed by atoms with Crippen LogP contribution >= 0.6 is 15.9 Å². The number of anilines is 1. The summed E-state index contributed by atoms with van der Waals surface area (Å²) in [5.74, 6) is 0.165. The largest absolute Gasteiger partial charge is 0.384 e. The Morgan fingerprint density at radius 3 is 2.73 bits per heavy atom. The number of aromatic nitrogens is 1. The summed E-state index contributed by atoms with van der Waals surface area (Å²) in [4.78, 5) is 3.97. The number of hydrogen-bond donors (Lipinski definition) is 1. The molecule has 0 spiro atoms. The minimum Gasteiger partial charge on any atom is -0.384 e. The molecular formula is C11H8BrFN2. The summed E-state index contributed by atoms with van der Waals surface area (Å²) in [6.45, 7) is 0. The highest BCUT2D eigenvalue weighted by molar-refractivity contribution is 9.10. The monoisotopic (exact) mass is 266 g/mol. The topological polar surface area (TPSA) is 38.9 Å². The van der Waals surface area contributed by atoms with Crippen LogP contribution in [0.3, 0.4) is 0 Å². The van der Waals surface area contributed by atoms with Gasteiger partial charge in [-0.15, -0.1) is 0 Å². The third-order valence-corrected chi connectivity index (χ3v) is 2.67. The lowest BCUT2D eigenvalue weighted by molar-refractivity contribution is 0.628. The smallest absolute Gasteiger partial charge is 0.124 e. The maximum atomic E-state index is 13.0. The second-order valence-corrected chi connectivity index (χ2v) is 3.95. The molecule has 76 valence electrons. The van der Waals surface area contributed by atoms with E-state index >= 15 is 0 Å². The molecule has 0 saturated heterocycles. The molecule has 2 nitrogen and oxygen atoms in total. The second kappa shape index (κ2) is 3.98. The number of pyridine rings is 1. The molecule has 4 heteroatoms. The van der Waals surface area contributed by atoms with Crippen LogP contribution in [-0.4, -0.2) is 4.98 Å². The van der Waals surface area contributed by atoms with Crippen molar-refractivity contribution in [3.05, 3.63) is 46.8 Å². The lowest BCUT2D eigenvalue weighted by Crippen LogP contribution is -1.91. The van der Waals surface area contributed by atoms with Gasteiger partial charge in [0.05, 0.1) is 0 Å². The molecule has 0 amide bonds. The van der Waals surface area contributed by atoms with Gasteiger partial charge in [0.1, 0.15) is 11.6 Å². The molecule has 1 aromatic carbocycles. The van der Waals surface area contributed by atoms with E-state index in [1.54, 1.807) is 18.3 Å². The first-order valence-corrected chi connectivity index (χ1v) is 5.13. The molecular weight excluding hydrogens is 259 g/mol. The highest BCUT2D eigenvalue weighted by Gasteiger charge is 2.04. The van der Waals surface area contributed by atoms with Crippen LogP contribution < -0.4 is 5.73 Å². The van der Waals surface area contributed by atoms with Crippen LogP contribution in [0.1, 0.15) is 0 Å². The van der Waals surface area contributed by atoms with Crippen LogP contribution in [-0.2, 0) is 0 Å². The van der Waals surface area contributed by atoms with Crippen molar-refractivity contribution >= 4 is 21.7 Å². The Labute approximate surface area is 95.1 Å². The number of nitrogens with zero attached hydrogens (tertiary/aromatic N) is 1. The van der Waals surface area contributed by atoms with Gasteiger partial charge in [-0.3, -0.25) is 0 Å². The number of hydrogen-bond acceptors (Lipinski definition) is 2. The minimum absolute atomic E-state index is 0.267. The Balaban J connectivity index is 2.54. The van der Waals surface area contributed by atoms with Crippen LogP contribution in [0.5, 0.6) is 0 Å². The molecule has 0 atom stereocenters. The van der Waals surface area contributed by atoms with E-state index in [1.165, 1.54) is 12.1 Å². The first-order chi connectivity index (χ1) is 7.16. The SMILES string of the molecule is Nc1cc(Br)c(-c2cccc(F)c2)cn1. The average molecular weight is 267 g/mol. The fourth-order valence-electron chi connectivity index (χ4n) is 1.31. The van der Waals surface area contributed by atoms with Crippen LogP contribution in [0.4, 0.5) is 10.2 Å². The molecule has 2 N–H and O–H groups in total. The fraction of sp³-hybridized carbons (Fsp3) is 0. The Morgan fingerprint density at radius 2 is 2.07 bits per heavy atom. The van der Waals surface area contributed by atoms with Crippen molar-refractivity contribution in [3.8, 4) is 11.1 Å². The van der Waals surface area contributed by atoms with Crippen molar-refractivity contribution in [1.82, 2.24) is 4.98 Å². The molecule has 0 radical (unpaired) electrons. The lowest BCUT2D eigenvalue weighted by atomic mass is 10.1. The van der Waals surface area contributed by atoms with Gasteiger partial charge in [-0.25, -0.2) is 9.37 Å². The molecule has 1 aromatic heterocycles. The van der Waals surface area contributed by atoms with Gasteiger partial charge < -0.3 is 5.73 Å². The van der Waals surface area contributed by atoms with Gasteiger partial charge in [0.2, 0.25) is 0 Å². The molecule has 0 aliphatic carbocycles. The molecule has 0 unspecified atom stereocenters. The van der Waals surface area contributed by atoms with E-state index in [0.717, 1.165) is 15.6 Å². The average Bonchev–Trinajstić information content (AvgIpc) is 2.17. The predicted molar refractivity (Wildman–Crippen MR) is 61.7 cm³/mol. The van der Waals surface area contributed by atoms with Crippen molar-refractivity contribution in [1.29, 1.82) is 0 Å². The van der Waals surface area contributed by atoms with Crippen molar-refractivity contribution in [2.24, 2.45) is 0 Å². The van der Waals surface area contributed by atoms with Gasteiger partial charge in [-0.05, 0) is 39.7 Å². The molecule has 0 aliphatic rings. The van der Waals surface area contributed by atoms with E-state index in [-0.39, 0.29) is 5.82 Å². The van der Waals surface area contributed by atoms with E-state index in [4.69, 9.17) is 5.73 Å². The highest BCUT2D eigenvalue weighted by atomic mass is 79.9. The van der Waals surface area contributed by atoms with Gasteiger partial charge in [0, 0.05) is 16.2 Å². The van der Waals surface area contributed by atoms with Crippen LogP contribution in [0, 0.1) is 5.82 Å². The van der Waals surface area contributed by atoms with E-state index in [1.807, 2.05) is 6.07 Å². The van der Waals surface area contributed by atoms with E-state index in [0.29, 0.717) is 5.82 Å². The van der Waals surface area contributed by atoms with E-state index < -0.39 is 0 Å². The third-order valence-electron chi connectivity index (χ3n) is 2.01. The summed E-state index contributed by atoms with van der Waals surface area (Å²) in [7, 11) is 0. The van der Waals surface area contributed by atoms with Gasteiger partial charge >= 0.3 is 0 Å². The Bertz CT molecular complexity index is 500. The second-order valence-electron chi connectivity index (χ2n) is 3.10. The standard InChI is InChI=1S/C11H8BrFN2/c12-10-5-11(14)15-6-9(10)7-2-1-3-8(13)4-7/h1-6H,(H2,14,15). The number of nitrogen functional groups attached to an aromatic ring is 1. The first kappa shape index (κ1) is 10.1. The van der Waals surface area contributed by atoms with Crippen LogP contribution in [0.2, 0.25) is 0 Å². The van der Waals surface area contributed by atoms with Crippen molar-refractivity contribution in [3.63, 3.8) is 0 Å². The zero-order valence-corrected chi connectivity index (χ0v) is 9.33. The third kappa shape index (κ3) is 2.15. The Morgan fingerprint density at radius 1 is 1.27 bits per heavy atom. The minimum atomic E-state index is -0.267. The molecule has 0 fully saturated rings. The molecule has 2 rings (SSSR count). The Kier molecular flexibility index (Phi) is 2.68. The van der Waals surface area contributed by atoms with E-state index in [9.17, 15) is 4.39 Å². The maximum absolute atomic E-state index is 13.0. The quantitative estimate of drug-likeness (QED) is 0.861. The molecule has 2 aromatic rings. The zero-order valence-electron chi connectivity index (χ0n) is 7.74. The lowest BCUT2D eigenvalue weighted by Gasteiger charge is -2.04. The van der Waals surface area contributed by atoms with Crippen LogP contribution in [0.25, 0.3) is 11.1 Å². The number of benzene rings is 1. The summed E-state index contributed by atoms with van der Waals surface area (Å²) >= 11 is 3.37. The summed E-state index contributed by atoms with van der Waals surface area (Å²) in [5.41, 5.74) is 7.12. The normalized spacial score (nSPS) is 10.3. The van der Waals surface area contributed by atoms with Gasteiger partial charge in [0.25, 0.3) is 0 Å². The van der Waals surface area contributed by atoms with Gasteiger partial charge in [0.15, 0.2) is 0 Å².